The molecule has 272 valence electrons. The normalized spacial score (nSPS) is 17.7. The van der Waals surface area contributed by atoms with E-state index in [1.54, 1.807) is 0 Å². The summed E-state index contributed by atoms with van der Waals surface area (Å²) in [6.45, 7) is 0. The predicted molar refractivity (Wildman–Crippen MR) is 227 cm³/mol. The Morgan fingerprint density at radius 3 is 1.61 bits per heavy atom. The number of carbonyl (C=O) groups excluding carboxylic acids is 1. The highest BCUT2D eigenvalue weighted by molar-refractivity contribution is 6.31. The molecule has 2 aliphatic carbocycles. The highest BCUT2D eigenvalue weighted by Crippen LogP contribution is 2.62. The molecular formula is C50H36Cl2N2O2. The molecule has 6 heteroatoms. The fourth-order valence-electron chi connectivity index (χ4n) is 9.50. The molecular weight excluding hydrogens is 731 g/mol. The molecule has 0 fully saturated rings. The van der Waals surface area contributed by atoms with Crippen LogP contribution in [0.5, 0.6) is 5.75 Å². The second-order valence-corrected chi connectivity index (χ2v) is 16.0. The number of carbonyl (C=O) groups is 1. The van der Waals surface area contributed by atoms with E-state index in [4.69, 9.17) is 37.9 Å². The molecule has 2 atom stereocenters. The monoisotopic (exact) mass is 766 g/mol. The van der Waals surface area contributed by atoms with Crippen LogP contribution < -0.4 is 4.74 Å². The molecule has 56 heavy (non-hydrogen) atoms. The number of rotatable bonds is 9. The van der Waals surface area contributed by atoms with Crippen LogP contribution in [-0.4, -0.2) is 15.9 Å². The Labute approximate surface area is 335 Å². The van der Waals surface area contributed by atoms with Gasteiger partial charge in [-0.25, -0.2) is 9.97 Å². The summed E-state index contributed by atoms with van der Waals surface area (Å²) in [6, 6.07) is 53.6. The third-order valence-electron chi connectivity index (χ3n) is 12.0. The zero-order valence-electron chi connectivity index (χ0n) is 30.5. The van der Waals surface area contributed by atoms with Crippen LogP contribution >= 0.6 is 23.2 Å². The van der Waals surface area contributed by atoms with Gasteiger partial charge in [0, 0.05) is 49.2 Å². The lowest BCUT2D eigenvalue weighted by Gasteiger charge is -2.43. The van der Waals surface area contributed by atoms with Crippen LogP contribution in [0.2, 0.25) is 10.0 Å². The van der Waals surface area contributed by atoms with Gasteiger partial charge in [-0.15, -0.1) is 0 Å². The molecule has 10 rings (SSSR count). The first-order chi connectivity index (χ1) is 27.4. The van der Waals surface area contributed by atoms with E-state index in [2.05, 4.69) is 103 Å². The van der Waals surface area contributed by atoms with Crippen molar-refractivity contribution in [1.29, 1.82) is 0 Å². The van der Waals surface area contributed by atoms with Gasteiger partial charge >= 0.3 is 5.97 Å². The number of benzene rings is 6. The second-order valence-electron chi connectivity index (χ2n) is 15.1. The average molecular weight is 768 g/mol. The minimum atomic E-state index is -0.716. The van der Waals surface area contributed by atoms with Gasteiger partial charge in [-0.2, -0.15) is 0 Å². The second kappa shape index (κ2) is 13.7. The van der Waals surface area contributed by atoms with Gasteiger partial charge in [0.15, 0.2) is 0 Å². The van der Waals surface area contributed by atoms with E-state index in [9.17, 15) is 4.79 Å². The molecule has 0 aliphatic heterocycles. The maximum atomic E-state index is 13.9. The SMILES string of the molecule is O=C(CC[C@]1(C[C@]2(CCc3ccccc3)c3cc(Cl)ccc3-c3nc4ccccc4cc32)c2cc(Cl)ccc2-c2nc3ccccc3cc21)Oc1ccccc1. The van der Waals surface area contributed by atoms with E-state index >= 15 is 0 Å². The van der Waals surface area contributed by atoms with Gasteiger partial charge in [0.05, 0.1) is 22.4 Å². The summed E-state index contributed by atoms with van der Waals surface area (Å²) in [5, 5.41) is 3.44. The van der Waals surface area contributed by atoms with Gasteiger partial charge in [-0.3, -0.25) is 4.79 Å². The van der Waals surface area contributed by atoms with Crippen molar-refractivity contribution in [3.63, 3.8) is 0 Å². The van der Waals surface area contributed by atoms with Crippen LogP contribution in [0.3, 0.4) is 0 Å². The Morgan fingerprint density at radius 2 is 1.04 bits per heavy atom. The molecule has 0 N–H and O–H groups in total. The number of hydrogen-bond acceptors (Lipinski definition) is 4. The fourth-order valence-corrected chi connectivity index (χ4v) is 9.84. The average Bonchev–Trinajstić information content (AvgIpc) is 3.62. The van der Waals surface area contributed by atoms with E-state index in [1.165, 1.54) is 11.1 Å². The van der Waals surface area contributed by atoms with Gasteiger partial charge in [0.25, 0.3) is 0 Å². The fraction of sp³-hybridized carbons (Fsp3) is 0.140. The maximum absolute atomic E-state index is 13.9. The molecule has 0 unspecified atom stereocenters. The van der Waals surface area contributed by atoms with Crippen LogP contribution in [0.15, 0.2) is 158 Å². The number of aryl methyl sites for hydroxylation is 1. The van der Waals surface area contributed by atoms with Gasteiger partial charge in [-0.05, 0) is 114 Å². The molecule has 0 spiro atoms. The Morgan fingerprint density at radius 1 is 0.536 bits per heavy atom. The van der Waals surface area contributed by atoms with Crippen molar-refractivity contribution in [3.05, 3.63) is 196 Å². The van der Waals surface area contributed by atoms with Crippen molar-refractivity contribution in [2.45, 2.75) is 42.9 Å². The minimum Gasteiger partial charge on any atom is -0.427 e. The first kappa shape index (κ1) is 34.7. The minimum absolute atomic E-state index is 0.174. The summed E-state index contributed by atoms with van der Waals surface area (Å²) in [4.78, 5) is 24.7. The Balaban J connectivity index is 1.24. The van der Waals surface area contributed by atoms with Crippen molar-refractivity contribution < 1.29 is 9.53 Å². The lowest BCUT2D eigenvalue weighted by Crippen LogP contribution is -2.39. The zero-order chi connectivity index (χ0) is 37.9. The van der Waals surface area contributed by atoms with Crippen molar-refractivity contribution in [2.75, 3.05) is 0 Å². The number of hydrogen-bond donors (Lipinski definition) is 0. The molecule has 8 aromatic rings. The van der Waals surface area contributed by atoms with E-state index in [1.807, 2.05) is 54.6 Å². The summed E-state index contributed by atoms with van der Waals surface area (Å²) < 4.78 is 5.96. The molecule has 6 aromatic carbocycles. The summed E-state index contributed by atoms with van der Waals surface area (Å²) in [7, 11) is 0. The van der Waals surface area contributed by atoms with E-state index in [-0.39, 0.29) is 12.4 Å². The molecule has 0 saturated carbocycles. The molecule has 0 amide bonds. The number of ether oxygens (including phenoxy) is 1. The maximum Gasteiger partial charge on any atom is 0.311 e. The van der Waals surface area contributed by atoms with Gasteiger partial charge < -0.3 is 4.74 Å². The number of halogens is 2. The van der Waals surface area contributed by atoms with E-state index in [0.29, 0.717) is 28.6 Å². The smallest absolute Gasteiger partial charge is 0.311 e. The number of pyridine rings is 2. The van der Waals surface area contributed by atoms with Crippen LogP contribution in [0.4, 0.5) is 0 Å². The highest BCUT2D eigenvalue weighted by Gasteiger charge is 2.54. The van der Waals surface area contributed by atoms with Crippen molar-refractivity contribution in [1.82, 2.24) is 9.97 Å². The van der Waals surface area contributed by atoms with Gasteiger partial charge in [-0.1, -0.05) is 120 Å². The standard InChI is InChI=1S/C50H36Cl2N2O2/c51-35-19-21-38-40(29-35)49(25-23-32-11-3-1-4-12-32,42-27-33-13-7-9-17-44(33)53-47(38)42)31-50(26-24-46(55)56-37-15-5-2-6-16-37)41-30-36(52)20-22-39(41)48-43(50)28-34-14-8-10-18-45(34)54-48/h1-22,27-30H,23-26,31H2/t49-,50+/m1/s1. The largest absolute Gasteiger partial charge is 0.427 e. The molecule has 2 heterocycles. The van der Waals surface area contributed by atoms with Crippen molar-refractivity contribution >= 4 is 51.0 Å². The zero-order valence-corrected chi connectivity index (χ0v) is 32.0. The molecule has 0 bridgehead atoms. The summed E-state index contributed by atoms with van der Waals surface area (Å²) in [5.41, 5.74) is 10.3. The molecule has 0 radical (unpaired) electrons. The number of fused-ring (bicyclic) bond motifs is 8. The van der Waals surface area contributed by atoms with Gasteiger partial charge in [0.1, 0.15) is 5.75 Å². The lowest BCUT2D eigenvalue weighted by molar-refractivity contribution is -0.134. The first-order valence-corrected chi connectivity index (χ1v) is 19.9. The molecule has 2 aromatic heterocycles. The van der Waals surface area contributed by atoms with E-state index < -0.39 is 10.8 Å². The number of para-hydroxylation sites is 3. The summed E-state index contributed by atoms with van der Waals surface area (Å²) >= 11 is 14.0. The summed E-state index contributed by atoms with van der Waals surface area (Å²) in [5.74, 6) is 0.239. The van der Waals surface area contributed by atoms with Crippen LogP contribution in [-0.2, 0) is 22.0 Å². The number of esters is 1. The quantitative estimate of drug-likeness (QED) is 0.108. The van der Waals surface area contributed by atoms with Crippen LogP contribution in [0.25, 0.3) is 44.3 Å². The van der Waals surface area contributed by atoms with Crippen molar-refractivity contribution in [2.24, 2.45) is 0 Å². The lowest BCUT2D eigenvalue weighted by atomic mass is 9.59. The van der Waals surface area contributed by atoms with Gasteiger partial charge in [0.2, 0.25) is 0 Å². The topological polar surface area (TPSA) is 52.1 Å². The summed E-state index contributed by atoms with van der Waals surface area (Å²) in [6.07, 6.45) is 2.86. The predicted octanol–water partition coefficient (Wildman–Crippen LogP) is 12.7. The Bertz CT molecular complexity index is 2820. The Hall–Kier alpha value is -5.81. The third-order valence-corrected chi connectivity index (χ3v) is 12.5. The van der Waals surface area contributed by atoms with Crippen molar-refractivity contribution in [3.8, 4) is 28.3 Å². The van der Waals surface area contributed by atoms with Crippen LogP contribution in [0, 0.1) is 0 Å². The number of nitrogens with zero attached hydrogens (tertiary/aromatic N) is 2. The molecule has 2 aliphatic rings. The number of aromatic nitrogens is 2. The van der Waals surface area contributed by atoms with Crippen LogP contribution in [0.1, 0.15) is 53.5 Å². The van der Waals surface area contributed by atoms with E-state index in [0.717, 1.165) is 73.9 Å². The molecule has 4 nitrogen and oxygen atoms in total. The molecule has 0 saturated heterocycles. The Kier molecular flexibility index (Phi) is 8.50. The highest BCUT2D eigenvalue weighted by atomic mass is 35.5. The third kappa shape index (κ3) is 5.79. The first-order valence-electron chi connectivity index (χ1n) is 19.1.